The summed E-state index contributed by atoms with van der Waals surface area (Å²) in [6.07, 6.45) is 8.25. The molecule has 3 rings (SSSR count). The summed E-state index contributed by atoms with van der Waals surface area (Å²) >= 11 is 0. The zero-order valence-electron chi connectivity index (χ0n) is 13.7. The predicted octanol–water partition coefficient (Wildman–Crippen LogP) is 3.98. The van der Waals surface area contributed by atoms with Crippen LogP contribution in [0.4, 0.5) is 5.69 Å². The fourth-order valence-electron chi connectivity index (χ4n) is 4.11. The standard InChI is InChI=1S/C19H30N2/c1-15-5-3-6-16(11-15)13-20-14-17-8-9-19-18(12-17)7-4-10-21(19)2/h8-9,12,15-16,20H,3-7,10-11,13-14H2,1-2H3. The summed E-state index contributed by atoms with van der Waals surface area (Å²) in [7, 11) is 2.21. The van der Waals surface area contributed by atoms with Crippen molar-refractivity contribution in [3.05, 3.63) is 29.3 Å². The summed E-state index contributed by atoms with van der Waals surface area (Å²) in [6, 6.07) is 7.03. The number of rotatable bonds is 4. The van der Waals surface area contributed by atoms with Crippen molar-refractivity contribution in [2.24, 2.45) is 11.8 Å². The van der Waals surface area contributed by atoms with Gasteiger partial charge in [-0.25, -0.2) is 0 Å². The second-order valence-corrected chi connectivity index (χ2v) is 7.26. The van der Waals surface area contributed by atoms with Gasteiger partial charge in [-0.3, -0.25) is 0 Å². The molecule has 0 amide bonds. The molecule has 1 aliphatic heterocycles. The number of nitrogens with zero attached hydrogens (tertiary/aromatic N) is 1. The number of benzene rings is 1. The largest absolute Gasteiger partial charge is 0.374 e. The van der Waals surface area contributed by atoms with E-state index in [9.17, 15) is 0 Å². The van der Waals surface area contributed by atoms with E-state index < -0.39 is 0 Å². The van der Waals surface area contributed by atoms with Crippen molar-refractivity contribution < 1.29 is 0 Å². The highest BCUT2D eigenvalue weighted by molar-refractivity contribution is 5.56. The van der Waals surface area contributed by atoms with Crippen molar-refractivity contribution in [3.8, 4) is 0 Å². The van der Waals surface area contributed by atoms with E-state index in [1.54, 1.807) is 0 Å². The van der Waals surface area contributed by atoms with Gasteiger partial charge in [0.2, 0.25) is 0 Å². The fraction of sp³-hybridized carbons (Fsp3) is 0.684. The van der Waals surface area contributed by atoms with Gasteiger partial charge < -0.3 is 10.2 Å². The second-order valence-electron chi connectivity index (χ2n) is 7.26. The SMILES string of the molecule is CC1CCCC(CNCc2ccc3c(c2)CCCN3C)C1. The molecule has 0 radical (unpaired) electrons. The van der Waals surface area contributed by atoms with Gasteiger partial charge in [-0.15, -0.1) is 0 Å². The minimum atomic E-state index is 0.900. The Morgan fingerprint density at radius 2 is 2.14 bits per heavy atom. The van der Waals surface area contributed by atoms with Crippen LogP contribution in [-0.4, -0.2) is 20.1 Å². The summed E-state index contributed by atoms with van der Waals surface area (Å²) in [5, 5.41) is 3.70. The average Bonchev–Trinajstić information content (AvgIpc) is 2.47. The number of fused-ring (bicyclic) bond motifs is 1. The molecule has 1 heterocycles. The molecule has 21 heavy (non-hydrogen) atoms. The topological polar surface area (TPSA) is 15.3 Å². The van der Waals surface area contributed by atoms with Gasteiger partial charge in [0.1, 0.15) is 0 Å². The predicted molar refractivity (Wildman–Crippen MR) is 90.9 cm³/mol. The highest BCUT2D eigenvalue weighted by Gasteiger charge is 2.18. The van der Waals surface area contributed by atoms with Crippen LogP contribution in [0.3, 0.4) is 0 Å². The molecule has 1 aliphatic carbocycles. The van der Waals surface area contributed by atoms with Crippen LogP contribution >= 0.6 is 0 Å². The molecule has 0 saturated heterocycles. The molecule has 1 N–H and O–H groups in total. The Kier molecular flexibility index (Phi) is 4.84. The van der Waals surface area contributed by atoms with E-state index in [0.717, 1.165) is 18.4 Å². The van der Waals surface area contributed by atoms with Crippen LogP contribution in [0.2, 0.25) is 0 Å². The second kappa shape index (κ2) is 6.83. The quantitative estimate of drug-likeness (QED) is 0.900. The fourth-order valence-corrected chi connectivity index (χ4v) is 4.11. The van der Waals surface area contributed by atoms with Crippen LogP contribution in [0.1, 0.15) is 50.2 Å². The van der Waals surface area contributed by atoms with Gasteiger partial charge in [0, 0.05) is 25.8 Å². The van der Waals surface area contributed by atoms with Crippen molar-refractivity contribution >= 4 is 5.69 Å². The Labute approximate surface area is 129 Å². The Morgan fingerprint density at radius 3 is 3.00 bits per heavy atom. The highest BCUT2D eigenvalue weighted by atomic mass is 15.1. The van der Waals surface area contributed by atoms with Crippen molar-refractivity contribution in [3.63, 3.8) is 0 Å². The van der Waals surface area contributed by atoms with E-state index >= 15 is 0 Å². The lowest BCUT2D eigenvalue weighted by atomic mass is 9.82. The van der Waals surface area contributed by atoms with Crippen LogP contribution in [-0.2, 0) is 13.0 Å². The number of aryl methyl sites for hydroxylation is 1. The van der Waals surface area contributed by atoms with E-state index in [-0.39, 0.29) is 0 Å². The molecule has 0 spiro atoms. The highest BCUT2D eigenvalue weighted by Crippen LogP contribution is 2.28. The molecular formula is C19H30N2. The first-order valence-corrected chi connectivity index (χ1v) is 8.76. The smallest absolute Gasteiger partial charge is 0.0396 e. The molecule has 1 aromatic carbocycles. The summed E-state index contributed by atoms with van der Waals surface area (Å²) in [4.78, 5) is 2.39. The molecule has 1 saturated carbocycles. The molecule has 2 aliphatic rings. The maximum Gasteiger partial charge on any atom is 0.0396 e. The Bertz CT molecular complexity index is 469. The summed E-state index contributed by atoms with van der Waals surface area (Å²) in [6.45, 7) is 5.83. The minimum absolute atomic E-state index is 0.900. The zero-order chi connectivity index (χ0) is 14.7. The number of hydrogen-bond acceptors (Lipinski definition) is 2. The van der Waals surface area contributed by atoms with Crippen LogP contribution in [0.25, 0.3) is 0 Å². The molecular weight excluding hydrogens is 256 g/mol. The summed E-state index contributed by atoms with van der Waals surface area (Å²) in [5.41, 5.74) is 4.42. The number of hydrogen-bond donors (Lipinski definition) is 1. The maximum atomic E-state index is 3.70. The molecule has 2 unspecified atom stereocenters. The van der Waals surface area contributed by atoms with Gasteiger partial charge in [0.25, 0.3) is 0 Å². The average molecular weight is 286 g/mol. The third-order valence-electron chi connectivity index (χ3n) is 5.30. The number of nitrogens with one attached hydrogen (secondary N) is 1. The Balaban J connectivity index is 1.51. The first-order chi connectivity index (χ1) is 10.2. The lowest BCUT2D eigenvalue weighted by Gasteiger charge is -2.28. The summed E-state index contributed by atoms with van der Waals surface area (Å²) < 4.78 is 0. The molecule has 0 aromatic heterocycles. The van der Waals surface area contributed by atoms with Gasteiger partial charge in [-0.2, -0.15) is 0 Å². The van der Waals surface area contributed by atoms with Gasteiger partial charge in [-0.1, -0.05) is 31.9 Å². The number of anilines is 1. The van der Waals surface area contributed by atoms with Crippen LogP contribution in [0, 0.1) is 11.8 Å². The van der Waals surface area contributed by atoms with Crippen molar-refractivity contribution in [2.45, 2.75) is 52.0 Å². The molecule has 2 heteroatoms. The Hall–Kier alpha value is -1.02. The van der Waals surface area contributed by atoms with Crippen molar-refractivity contribution in [1.29, 1.82) is 0 Å². The maximum absolute atomic E-state index is 3.70. The van der Waals surface area contributed by atoms with Gasteiger partial charge in [-0.05, 0) is 61.3 Å². The molecule has 1 aromatic rings. The minimum Gasteiger partial charge on any atom is -0.374 e. The van der Waals surface area contributed by atoms with E-state index in [4.69, 9.17) is 0 Å². The van der Waals surface area contributed by atoms with E-state index in [1.165, 1.54) is 68.4 Å². The monoisotopic (exact) mass is 286 g/mol. The third kappa shape index (κ3) is 3.79. The van der Waals surface area contributed by atoms with E-state index in [0.29, 0.717) is 0 Å². The van der Waals surface area contributed by atoms with Crippen molar-refractivity contribution in [2.75, 3.05) is 25.0 Å². The van der Waals surface area contributed by atoms with Gasteiger partial charge >= 0.3 is 0 Å². The first kappa shape index (κ1) is 14.9. The van der Waals surface area contributed by atoms with E-state index in [1.807, 2.05) is 0 Å². The van der Waals surface area contributed by atoms with Crippen LogP contribution < -0.4 is 10.2 Å². The van der Waals surface area contributed by atoms with Gasteiger partial charge in [0.05, 0.1) is 0 Å². The molecule has 116 valence electrons. The van der Waals surface area contributed by atoms with Crippen LogP contribution in [0.15, 0.2) is 18.2 Å². The van der Waals surface area contributed by atoms with Gasteiger partial charge in [0.15, 0.2) is 0 Å². The molecule has 2 nitrogen and oxygen atoms in total. The first-order valence-electron chi connectivity index (χ1n) is 8.76. The summed E-state index contributed by atoms with van der Waals surface area (Å²) in [5.74, 6) is 1.84. The van der Waals surface area contributed by atoms with E-state index in [2.05, 4.69) is 42.4 Å². The lowest BCUT2D eigenvalue weighted by molar-refractivity contribution is 0.274. The molecule has 1 fully saturated rings. The molecule has 0 bridgehead atoms. The normalized spacial score (nSPS) is 25.7. The Morgan fingerprint density at radius 1 is 1.24 bits per heavy atom. The van der Waals surface area contributed by atoms with Crippen molar-refractivity contribution in [1.82, 2.24) is 5.32 Å². The molecule has 2 atom stereocenters. The van der Waals surface area contributed by atoms with Crippen LogP contribution in [0.5, 0.6) is 0 Å². The zero-order valence-corrected chi connectivity index (χ0v) is 13.7. The third-order valence-corrected chi connectivity index (χ3v) is 5.30. The lowest BCUT2D eigenvalue weighted by Crippen LogP contribution is -2.27.